The van der Waals surface area contributed by atoms with Crippen LogP contribution in [0.3, 0.4) is 0 Å². The average Bonchev–Trinajstić information content (AvgIpc) is 3.41. The summed E-state index contributed by atoms with van der Waals surface area (Å²) in [6.07, 6.45) is 17.6. The van der Waals surface area contributed by atoms with E-state index in [1.165, 1.54) is 41.5 Å². The Bertz CT molecular complexity index is 1010. The van der Waals surface area contributed by atoms with Gasteiger partial charge < -0.3 is 0 Å². The fourth-order valence-electron chi connectivity index (χ4n) is 4.74. The Morgan fingerprint density at radius 1 is 0.871 bits per heavy atom. The minimum atomic E-state index is 0.597. The highest BCUT2D eigenvalue weighted by Crippen LogP contribution is 2.35. The molecule has 1 atom stereocenters. The Balaban J connectivity index is 1.17. The van der Waals surface area contributed by atoms with Gasteiger partial charge in [0.25, 0.3) is 0 Å². The summed E-state index contributed by atoms with van der Waals surface area (Å²) in [6.45, 7) is 6.70. The topological polar surface area (TPSA) is 0 Å². The minimum Gasteiger partial charge on any atom is -0.0995 e. The van der Waals surface area contributed by atoms with Gasteiger partial charge in [0.2, 0.25) is 0 Å². The maximum absolute atomic E-state index is 4.32. The van der Waals surface area contributed by atoms with E-state index in [2.05, 4.69) is 98.5 Å². The van der Waals surface area contributed by atoms with E-state index in [4.69, 9.17) is 0 Å². The Morgan fingerprint density at radius 2 is 1.55 bits per heavy atom. The fraction of sp³-hybridized carbons (Fsp3) is 0.290. The van der Waals surface area contributed by atoms with Crippen molar-refractivity contribution in [2.45, 2.75) is 51.9 Å². The normalized spacial score (nSPS) is 17.8. The first-order valence-corrected chi connectivity index (χ1v) is 11.7. The molecule has 0 nitrogen and oxygen atoms in total. The van der Waals surface area contributed by atoms with Crippen molar-refractivity contribution in [1.29, 1.82) is 0 Å². The predicted molar refractivity (Wildman–Crippen MR) is 135 cm³/mol. The van der Waals surface area contributed by atoms with Crippen LogP contribution in [0, 0.1) is 5.92 Å². The molecule has 0 aromatic heterocycles. The Morgan fingerprint density at radius 3 is 2.29 bits per heavy atom. The maximum Gasteiger partial charge on any atom is -0.00151 e. The van der Waals surface area contributed by atoms with Crippen LogP contribution in [0.1, 0.15) is 56.6 Å². The third-order valence-corrected chi connectivity index (χ3v) is 6.70. The summed E-state index contributed by atoms with van der Waals surface area (Å²) in [4.78, 5) is 0. The summed E-state index contributed by atoms with van der Waals surface area (Å²) in [5.74, 6) is 0.597. The lowest BCUT2D eigenvalue weighted by Gasteiger charge is -2.16. The molecule has 31 heavy (non-hydrogen) atoms. The van der Waals surface area contributed by atoms with Crippen LogP contribution in [0.25, 0.3) is 5.57 Å². The molecule has 0 saturated carbocycles. The van der Waals surface area contributed by atoms with Crippen molar-refractivity contribution >= 4 is 5.57 Å². The fourth-order valence-corrected chi connectivity index (χ4v) is 4.74. The molecular weight excluding hydrogens is 372 g/mol. The summed E-state index contributed by atoms with van der Waals surface area (Å²) < 4.78 is 0. The zero-order chi connectivity index (χ0) is 21.5. The molecule has 2 aliphatic rings. The van der Waals surface area contributed by atoms with Crippen molar-refractivity contribution in [2.75, 3.05) is 0 Å². The van der Waals surface area contributed by atoms with Gasteiger partial charge in [0.1, 0.15) is 0 Å². The third-order valence-electron chi connectivity index (χ3n) is 6.70. The lowest BCUT2D eigenvalue weighted by Crippen LogP contribution is -2.01. The van der Waals surface area contributed by atoms with Gasteiger partial charge in [-0.25, -0.2) is 0 Å². The molecule has 0 spiro atoms. The maximum atomic E-state index is 4.32. The van der Waals surface area contributed by atoms with Crippen molar-refractivity contribution in [3.8, 4) is 0 Å². The first-order valence-electron chi connectivity index (χ1n) is 11.7. The number of hydrogen-bond donors (Lipinski definition) is 0. The van der Waals surface area contributed by atoms with Crippen LogP contribution in [0.2, 0.25) is 0 Å². The van der Waals surface area contributed by atoms with Crippen LogP contribution in [-0.2, 0) is 6.42 Å². The lowest BCUT2D eigenvalue weighted by molar-refractivity contribution is 0.680. The molecule has 0 heterocycles. The Kier molecular flexibility index (Phi) is 7.20. The molecular formula is C31H34. The van der Waals surface area contributed by atoms with Gasteiger partial charge in [0.05, 0.1) is 0 Å². The summed E-state index contributed by atoms with van der Waals surface area (Å²) in [5.41, 5.74) is 10.2. The second-order valence-electron chi connectivity index (χ2n) is 9.00. The van der Waals surface area contributed by atoms with Crippen LogP contribution in [0.5, 0.6) is 0 Å². The number of benzene rings is 2. The monoisotopic (exact) mass is 406 g/mol. The number of hydrogen-bond acceptors (Lipinski definition) is 0. The molecule has 0 radical (unpaired) electrons. The molecule has 1 unspecified atom stereocenters. The zero-order valence-corrected chi connectivity index (χ0v) is 18.8. The quantitative estimate of drug-likeness (QED) is 0.346. The van der Waals surface area contributed by atoms with E-state index in [1.54, 1.807) is 16.7 Å². The Hall–Kier alpha value is -2.86. The average molecular weight is 407 g/mol. The first-order chi connectivity index (χ1) is 15.2. The van der Waals surface area contributed by atoms with Gasteiger partial charge in [0.15, 0.2) is 0 Å². The van der Waals surface area contributed by atoms with Gasteiger partial charge in [-0.2, -0.15) is 0 Å². The van der Waals surface area contributed by atoms with Crippen molar-refractivity contribution in [3.05, 3.63) is 125 Å². The largest absolute Gasteiger partial charge is 0.0995 e. The first kappa shape index (κ1) is 21.4. The second-order valence-corrected chi connectivity index (χ2v) is 9.00. The van der Waals surface area contributed by atoms with Gasteiger partial charge in [0, 0.05) is 0 Å². The second kappa shape index (κ2) is 10.4. The molecule has 2 aromatic carbocycles. The summed E-state index contributed by atoms with van der Waals surface area (Å²) >= 11 is 0. The smallest absolute Gasteiger partial charge is 0.00151 e. The molecule has 0 saturated heterocycles. The standard InChI is InChI=1S/C31H34/c1-24(22-26-10-5-3-6-11-26)16-18-29-21-20-28(25(29)2)15-9-12-27-17-19-31(23-27)30-13-7-4-8-14-30/h3-8,10-11,13-14,19-21,23,25H,1,9,12,15-18,22H2,2H3. The van der Waals surface area contributed by atoms with Gasteiger partial charge in [-0.3, -0.25) is 0 Å². The van der Waals surface area contributed by atoms with E-state index in [-0.39, 0.29) is 0 Å². The zero-order valence-electron chi connectivity index (χ0n) is 18.8. The van der Waals surface area contributed by atoms with Crippen molar-refractivity contribution in [2.24, 2.45) is 5.92 Å². The van der Waals surface area contributed by atoms with E-state index < -0.39 is 0 Å². The molecule has 0 N–H and O–H groups in total. The van der Waals surface area contributed by atoms with Crippen LogP contribution in [0.4, 0.5) is 0 Å². The van der Waals surface area contributed by atoms with E-state index in [0.29, 0.717) is 5.92 Å². The summed E-state index contributed by atoms with van der Waals surface area (Å²) in [6, 6.07) is 21.4. The molecule has 0 fully saturated rings. The van der Waals surface area contributed by atoms with Gasteiger partial charge >= 0.3 is 0 Å². The highest BCUT2D eigenvalue weighted by atomic mass is 14.2. The van der Waals surface area contributed by atoms with Crippen LogP contribution < -0.4 is 0 Å². The van der Waals surface area contributed by atoms with Crippen LogP contribution in [-0.4, -0.2) is 0 Å². The van der Waals surface area contributed by atoms with Crippen molar-refractivity contribution < 1.29 is 0 Å². The highest BCUT2D eigenvalue weighted by molar-refractivity contribution is 5.77. The molecule has 0 bridgehead atoms. The molecule has 158 valence electrons. The SMILES string of the molecule is C=C(CCC1=CC=C(CCCC2=CC(c3ccccc3)=CC2)C1C)Cc1ccccc1. The van der Waals surface area contributed by atoms with E-state index in [1.807, 2.05) is 0 Å². The third kappa shape index (κ3) is 5.85. The van der Waals surface area contributed by atoms with Crippen molar-refractivity contribution in [1.82, 2.24) is 0 Å². The van der Waals surface area contributed by atoms with Crippen molar-refractivity contribution in [3.63, 3.8) is 0 Å². The van der Waals surface area contributed by atoms with E-state index in [9.17, 15) is 0 Å². The lowest BCUT2D eigenvalue weighted by atomic mass is 9.89. The molecule has 2 aliphatic carbocycles. The predicted octanol–water partition coefficient (Wildman–Crippen LogP) is 8.65. The summed E-state index contributed by atoms with van der Waals surface area (Å²) in [7, 11) is 0. The van der Waals surface area contributed by atoms with Crippen LogP contribution >= 0.6 is 0 Å². The molecule has 0 heteroatoms. The molecule has 0 aliphatic heterocycles. The van der Waals surface area contributed by atoms with Gasteiger partial charge in [-0.15, -0.1) is 0 Å². The van der Waals surface area contributed by atoms with E-state index >= 15 is 0 Å². The molecule has 0 amide bonds. The summed E-state index contributed by atoms with van der Waals surface area (Å²) in [5, 5.41) is 0. The van der Waals surface area contributed by atoms with E-state index in [0.717, 1.165) is 25.7 Å². The minimum absolute atomic E-state index is 0.597. The highest BCUT2D eigenvalue weighted by Gasteiger charge is 2.18. The van der Waals surface area contributed by atoms with Gasteiger partial charge in [-0.05, 0) is 67.6 Å². The Labute approximate surface area is 188 Å². The number of allylic oxidation sites excluding steroid dienone is 9. The molecule has 2 aromatic rings. The van der Waals surface area contributed by atoms with Crippen LogP contribution in [0.15, 0.2) is 114 Å². The molecule has 4 rings (SSSR count). The van der Waals surface area contributed by atoms with Gasteiger partial charge in [-0.1, -0.05) is 121 Å². The number of rotatable bonds is 10.